The van der Waals surface area contributed by atoms with Crippen molar-refractivity contribution in [2.45, 2.75) is 18.9 Å². The number of rotatable bonds is 3. The van der Waals surface area contributed by atoms with Gasteiger partial charge in [0.15, 0.2) is 0 Å². The van der Waals surface area contributed by atoms with Crippen molar-refractivity contribution in [3.63, 3.8) is 0 Å². The van der Waals surface area contributed by atoms with Gasteiger partial charge in [-0.1, -0.05) is 6.07 Å². The standard InChI is InChI=1S/C13H18FN3.2ClH/c14-13-11(2-1-5-16-13)12(10-3-4-10)17-8-6-15-7-9-17;;/h1-2,5,10,12,15H,3-4,6-9H2;2*1H/t12-;;/m1../s1. The van der Waals surface area contributed by atoms with E-state index < -0.39 is 0 Å². The van der Waals surface area contributed by atoms with E-state index in [4.69, 9.17) is 0 Å². The summed E-state index contributed by atoms with van der Waals surface area (Å²) in [5, 5.41) is 3.34. The molecule has 0 radical (unpaired) electrons. The topological polar surface area (TPSA) is 28.2 Å². The lowest BCUT2D eigenvalue weighted by Gasteiger charge is -2.35. The number of hydrogen-bond donors (Lipinski definition) is 1. The smallest absolute Gasteiger partial charge is 0.217 e. The molecule has 1 saturated carbocycles. The van der Waals surface area contributed by atoms with Crippen molar-refractivity contribution in [3.05, 3.63) is 29.8 Å². The largest absolute Gasteiger partial charge is 0.314 e. The molecule has 0 spiro atoms. The van der Waals surface area contributed by atoms with Crippen LogP contribution in [0.5, 0.6) is 0 Å². The van der Waals surface area contributed by atoms with Gasteiger partial charge >= 0.3 is 0 Å². The van der Waals surface area contributed by atoms with E-state index in [0.29, 0.717) is 5.92 Å². The van der Waals surface area contributed by atoms with Crippen LogP contribution in [0.25, 0.3) is 0 Å². The Balaban J connectivity index is 0.000000902. The first kappa shape index (κ1) is 16.6. The fourth-order valence-electron chi connectivity index (χ4n) is 2.74. The first-order valence-corrected chi connectivity index (χ1v) is 6.41. The molecule has 1 saturated heterocycles. The third-order valence-corrected chi connectivity index (χ3v) is 3.72. The Labute approximate surface area is 125 Å². The molecule has 1 atom stereocenters. The second-order valence-corrected chi connectivity index (χ2v) is 4.95. The van der Waals surface area contributed by atoms with Gasteiger partial charge in [-0.15, -0.1) is 24.8 Å². The Morgan fingerprint density at radius 2 is 1.95 bits per heavy atom. The molecule has 0 aromatic carbocycles. The second kappa shape index (κ2) is 7.39. The first-order valence-electron chi connectivity index (χ1n) is 6.41. The van der Waals surface area contributed by atoms with Crippen molar-refractivity contribution in [2.75, 3.05) is 26.2 Å². The Morgan fingerprint density at radius 1 is 1.26 bits per heavy atom. The third-order valence-electron chi connectivity index (χ3n) is 3.72. The third kappa shape index (κ3) is 3.78. The van der Waals surface area contributed by atoms with Crippen LogP contribution in [0.3, 0.4) is 0 Å². The van der Waals surface area contributed by atoms with E-state index in [1.165, 1.54) is 19.0 Å². The van der Waals surface area contributed by atoms with Gasteiger partial charge in [0.1, 0.15) is 0 Å². The SMILES string of the molecule is Cl.Cl.Fc1ncccc1[C@@H](C1CC1)N1CCNCC1. The van der Waals surface area contributed by atoms with Crippen LogP contribution in [-0.4, -0.2) is 36.1 Å². The molecule has 1 aliphatic heterocycles. The van der Waals surface area contributed by atoms with Crippen LogP contribution >= 0.6 is 24.8 Å². The molecule has 19 heavy (non-hydrogen) atoms. The lowest BCUT2D eigenvalue weighted by Crippen LogP contribution is -2.45. The number of hydrogen-bond acceptors (Lipinski definition) is 3. The zero-order valence-corrected chi connectivity index (χ0v) is 12.4. The molecule has 3 nitrogen and oxygen atoms in total. The van der Waals surface area contributed by atoms with E-state index in [9.17, 15) is 4.39 Å². The number of nitrogens with zero attached hydrogens (tertiary/aromatic N) is 2. The van der Waals surface area contributed by atoms with Gasteiger partial charge in [0, 0.05) is 44.0 Å². The highest BCUT2D eigenvalue weighted by atomic mass is 35.5. The fourth-order valence-corrected chi connectivity index (χ4v) is 2.74. The minimum Gasteiger partial charge on any atom is -0.314 e. The summed E-state index contributed by atoms with van der Waals surface area (Å²) in [6.07, 6.45) is 3.98. The van der Waals surface area contributed by atoms with Gasteiger partial charge in [0.2, 0.25) is 5.95 Å². The van der Waals surface area contributed by atoms with E-state index in [-0.39, 0.29) is 36.8 Å². The van der Waals surface area contributed by atoms with Gasteiger partial charge in [0.25, 0.3) is 0 Å². The monoisotopic (exact) mass is 307 g/mol. The molecule has 1 aliphatic carbocycles. The number of halogens is 3. The van der Waals surface area contributed by atoms with E-state index in [1.54, 1.807) is 0 Å². The highest BCUT2D eigenvalue weighted by molar-refractivity contribution is 5.85. The predicted molar refractivity (Wildman–Crippen MR) is 78.6 cm³/mol. The highest BCUT2D eigenvalue weighted by Crippen LogP contribution is 2.44. The van der Waals surface area contributed by atoms with Gasteiger partial charge in [-0.3, -0.25) is 4.90 Å². The first-order chi connectivity index (χ1) is 8.36. The Hall–Kier alpha value is -0.420. The Bertz CT molecular complexity index is 395. The van der Waals surface area contributed by atoms with Gasteiger partial charge < -0.3 is 5.32 Å². The molecule has 2 heterocycles. The quantitative estimate of drug-likeness (QED) is 0.869. The molecular weight excluding hydrogens is 288 g/mol. The van der Waals surface area contributed by atoms with Crippen LogP contribution < -0.4 is 5.32 Å². The van der Waals surface area contributed by atoms with Crippen LogP contribution in [0, 0.1) is 11.9 Å². The molecule has 0 bridgehead atoms. The summed E-state index contributed by atoms with van der Waals surface area (Å²) in [6, 6.07) is 3.98. The molecule has 0 unspecified atom stereocenters. The molecule has 1 aromatic heterocycles. The molecule has 108 valence electrons. The summed E-state index contributed by atoms with van der Waals surface area (Å²) in [7, 11) is 0. The van der Waals surface area contributed by atoms with Crippen molar-refractivity contribution in [3.8, 4) is 0 Å². The molecular formula is C13H20Cl2FN3. The van der Waals surface area contributed by atoms with Crippen LogP contribution in [0.4, 0.5) is 4.39 Å². The molecule has 0 amide bonds. The maximum Gasteiger partial charge on any atom is 0.217 e. The number of piperazine rings is 1. The van der Waals surface area contributed by atoms with E-state index in [2.05, 4.69) is 15.2 Å². The minimum absolute atomic E-state index is 0. The van der Waals surface area contributed by atoms with E-state index >= 15 is 0 Å². The Morgan fingerprint density at radius 3 is 2.53 bits per heavy atom. The minimum atomic E-state index is -0.289. The number of nitrogens with one attached hydrogen (secondary N) is 1. The van der Waals surface area contributed by atoms with Crippen molar-refractivity contribution in [1.82, 2.24) is 15.2 Å². The average Bonchev–Trinajstić information content (AvgIpc) is 3.18. The molecule has 6 heteroatoms. The lowest BCUT2D eigenvalue weighted by molar-refractivity contribution is 0.152. The number of pyridine rings is 1. The summed E-state index contributed by atoms with van der Waals surface area (Å²) in [5.41, 5.74) is 0.789. The zero-order valence-electron chi connectivity index (χ0n) is 10.7. The molecule has 1 N–H and O–H groups in total. The van der Waals surface area contributed by atoms with Crippen molar-refractivity contribution in [1.29, 1.82) is 0 Å². The van der Waals surface area contributed by atoms with Crippen LogP contribution in [0.1, 0.15) is 24.4 Å². The number of aromatic nitrogens is 1. The van der Waals surface area contributed by atoms with E-state index in [1.807, 2.05) is 12.1 Å². The van der Waals surface area contributed by atoms with Crippen molar-refractivity contribution >= 4 is 24.8 Å². The summed E-state index contributed by atoms with van der Waals surface area (Å²) in [6.45, 7) is 4.03. The maximum atomic E-state index is 13.8. The predicted octanol–water partition coefficient (Wildman–Crippen LogP) is 2.42. The fraction of sp³-hybridized carbons (Fsp3) is 0.615. The summed E-state index contributed by atoms with van der Waals surface area (Å²) in [5.74, 6) is 0.342. The molecule has 2 fully saturated rings. The maximum absolute atomic E-state index is 13.8. The van der Waals surface area contributed by atoms with Gasteiger partial charge in [0.05, 0.1) is 0 Å². The van der Waals surface area contributed by atoms with Crippen LogP contribution in [0.15, 0.2) is 18.3 Å². The van der Waals surface area contributed by atoms with Crippen molar-refractivity contribution in [2.24, 2.45) is 5.92 Å². The van der Waals surface area contributed by atoms with Gasteiger partial charge in [-0.2, -0.15) is 4.39 Å². The normalized spacial score (nSPS) is 21.1. The van der Waals surface area contributed by atoms with Gasteiger partial charge in [-0.05, 0) is 24.8 Å². The van der Waals surface area contributed by atoms with Crippen LogP contribution in [0.2, 0.25) is 0 Å². The van der Waals surface area contributed by atoms with Crippen molar-refractivity contribution < 1.29 is 4.39 Å². The average molecular weight is 308 g/mol. The van der Waals surface area contributed by atoms with Gasteiger partial charge in [-0.25, -0.2) is 4.98 Å². The lowest BCUT2D eigenvalue weighted by atomic mass is 10.0. The highest BCUT2D eigenvalue weighted by Gasteiger charge is 2.38. The zero-order chi connectivity index (χ0) is 11.7. The van der Waals surface area contributed by atoms with Crippen LogP contribution in [-0.2, 0) is 0 Å². The Kier molecular flexibility index (Phi) is 6.47. The summed E-state index contributed by atoms with van der Waals surface area (Å²) < 4.78 is 13.8. The van der Waals surface area contributed by atoms with E-state index in [0.717, 1.165) is 31.7 Å². The molecule has 2 aliphatic rings. The molecule has 3 rings (SSSR count). The second-order valence-electron chi connectivity index (χ2n) is 4.95. The summed E-state index contributed by atoms with van der Waals surface area (Å²) in [4.78, 5) is 6.21. The summed E-state index contributed by atoms with van der Waals surface area (Å²) >= 11 is 0. The molecule has 1 aromatic rings.